The van der Waals surface area contributed by atoms with Gasteiger partial charge in [0.2, 0.25) is 0 Å². The Labute approximate surface area is 519 Å². The zero-order valence-corrected chi connectivity index (χ0v) is 48.8. The van der Waals surface area contributed by atoms with E-state index in [0.29, 0.717) is 0 Å². The molecule has 0 spiro atoms. The van der Waals surface area contributed by atoms with Crippen LogP contribution in [0, 0.1) is 0 Å². The molecule has 0 saturated carbocycles. The van der Waals surface area contributed by atoms with Gasteiger partial charge in [-0.25, -0.2) is 15.0 Å². The van der Waals surface area contributed by atoms with E-state index in [9.17, 15) is 0 Å². The summed E-state index contributed by atoms with van der Waals surface area (Å²) in [5.41, 5.74) is 19.0. The molecule has 418 valence electrons. The van der Waals surface area contributed by atoms with Crippen molar-refractivity contribution in [3.05, 3.63) is 322 Å². The van der Waals surface area contributed by atoms with Gasteiger partial charge >= 0.3 is 0 Å². The molecule has 5 heteroatoms. The first kappa shape index (κ1) is 51.2. The van der Waals surface area contributed by atoms with Gasteiger partial charge < -0.3 is 0 Å². The molecule has 0 N–H and O–H groups in total. The van der Waals surface area contributed by atoms with Crippen LogP contribution in [0.5, 0.6) is 0 Å². The molecule has 0 unspecified atom stereocenters. The topological polar surface area (TPSA) is 48.5 Å². The van der Waals surface area contributed by atoms with Crippen LogP contribution in [0.15, 0.2) is 322 Å². The molecule has 3 aromatic heterocycles. The predicted molar refractivity (Wildman–Crippen MR) is 377 cm³/mol. The molecule has 0 aliphatic heterocycles. The van der Waals surface area contributed by atoms with Crippen LogP contribution in [0.2, 0.25) is 0 Å². The Bertz CT molecular complexity index is 5770. The molecule has 15 aromatic carbocycles. The maximum atomic E-state index is 5.45. The lowest BCUT2D eigenvalue weighted by Gasteiger charge is -2.18. The van der Waals surface area contributed by atoms with Crippen LogP contribution >= 0.6 is 0 Å². The minimum absolute atomic E-state index is 0.816. The van der Waals surface area contributed by atoms with Crippen molar-refractivity contribution in [1.29, 1.82) is 0 Å². The minimum Gasteiger partial charge on any atom is -0.292 e. The lowest BCUT2D eigenvalue weighted by atomic mass is 9.85. The van der Waals surface area contributed by atoms with Gasteiger partial charge in [-0.05, 0) is 187 Å². The Hall–Kier alpha value is -12.1. The fourth-order valence-corrected chi connectivity index (χ4v) is 14.2. The first-order chi connectivity index (χ1) is 44.6. The average molecular weight is 1140 g/mol. The van der Waals surface area contributed by atoms with E-state index in [4.69, 9.17) is 15.0 Å². The van der Waals surface area contributed by atoms with E-state index < -0.39 is 0 Å². The number of nitrogens with zero attached hydrogens (tertiary/aromatic N) is 5. The van der Waals surface area contributed by atoms with Crippen molar-refractivity contribution in [3.8, 4) is 89.9 Å². The molecule has 0 atom stereocenters. The van der Waals surface area contributed by atoms with E-state index >= 15 is 0 Å². The Kier molecular flexibility index (Phi) is 11.9. The summed E-state index contributed by atoms with van der Waals surface area (Å²) >= 11 is 0. The molecule has 0 saturated heterocycles. The first-order valence-electron chi connectivity index (χ1n) is 30.7. The fraction of sp³-hybridized carbons (Fsp3) is 0. The van der Waals surface area contributed by atoms with Crippen LogP contribution in [0.1, 0.15) is 0 Å². The van der Waals surface area contributed by atoms with Gasteiger partial charge in [0.05, 0.1) is 22.1 Å². The molecule has 0 aliphatic carbocycles. The largest absolute Gasteiger partial charge is 0.292 e. The van der Waals surface area contributed by atoms with Gasteiger partial charge in [0.15, 0.2) is 0 Å². The average Bonchev–Trinajstić information content (AvgIpc) is 1.06. The monoisotopic (exact) mass is 1140 g/mol. The molecule has 3 heterocycles. The van der Waals surface area contributed by atoms with E-state index in [1.54, 1.807) is 0 Å². The van der Waals surface area contributed by atoms with Crippen LogP contribution < -0.4 is 0 Å². The van der Waals surface area contributed by atoms with Gasteiger partial charge in [0, 0.05) is 23.0 Å². The second-order valence-electron chi connectivity index (χ2n) is 23.4. The highest BCUT2D eigenvalue weighted by Crippen LogP contribution is 2.47. The number of para-hydroxylation sites is 3. The van der Waals surface area contributed by atoms with Crippen molar-refractivity contribution in [2.45, 2.75) is 0 Å². The summed E-state index contributed by atoms with van der Waals surface area (Å²) in [6.07, 6.45) is 1.85. The van der Waals surface area contributed by atoms with Crippen LogP contribution in [-0.4, -0.2) is 24.1 Å². The number of fused-ring (bicyclic) bond motifs is 8. The molecule has 0 bridgehead atoms. The van der Waals surface area contributed by atoms with E-state index in [2.05, 4.69) is 312 Å². The van der Waals surface area contributed by atoms with Crippen molar-refractivity contribution in [2.75, 3.05) is 0 Å². The number of pyridine rings is 1. The maximum Gasteiger partial charge on any atom is 0.146 e. The molecular weight excluding hydrogens is 1090 g/mol. The molecule has 90 heavy (non-hydrogen) atoms. The third-order valence-corrected chi connectivity index (χ3v) is 18.3. The lowest BCUT2D eigenvalue weighted by molar-refractivity contribution is 1.03. The molecule has 0 fully saturated rings. The van der Waals surface area contributed by atoms with E-state index in [1.165, 1.54) is 98.0 Å². The number of benzene rings is 15. The predicted octanol–water partition coefficient (Wildman–Crippen LogP) is 22.3. The summed E-state index contributed by atoms with van der Waals surface area (Å²) < 4.78 is 4.46. The summed E-state index contributed by atoms with van der Waals surface area (Å²) in [5.74, 6) is 2.57. The highest BCUT2D eigenvalue weighted by Gasteiger charge is 2.22. The van der Waals surface area contributed by atoms with Gasteiger partial charge in [-0.3, -0.25) is 9.13 Å². The van der Waals surface area contributed by atoms with E-state index in [-0.39, 0.29) is 0 Å². The fourth-order valence-electron chi connectivity index (χ4n) is 14.2. The van der Waals surface area contributed by atoms with Gasteiger partial charge in [-0.1, -0.05) is 249 Å². The van der Waals surface area contributed by atoms with Crippen molar-refractivity contribution < 1.29 is 0 Å². The Morgan fingerprint density at radius 3 is 1.13 bits per heavy atom. The van der Waals surface area contributed by atoms with Crippen LogP contribution in [0.3, 0.4) is 0 Å². The third-order valence-electron chi connectivity index (χ3n) is 18.3. The Morgan fingerprint density at radius 1 is 0.222 bits per heavy atom. The number of imidazole rings is 2. The number of rotatable bonds is 9. The minimum atomic E-state index is 0.816. The van der Waals surface area contributed by atoms with Gasteiger partial charge in [0.1, 0.15) is 17.5 Å². The van der Waals surface area contributed by atoms with E-state index in [1.807, 2.05) is 18.3 Å². The summed E-state index contributed by atoms with van der Waals surface area (Å²) in [6, 6.07) is 114. The van der Waals surface area contributed by atoms with Crippen molar-refractivity contribution in [2.24, 2.45) is 0 Å². The van der Waals surface area contributed by atoms with Gasteiger partial charge in [-0.2, -0.15) is 0 Å². The number of hydrogen-bond acceptors (Lipinski definition) is 3. The van der Waals surface area contributed by atoms with Gasteiger partial charge in [0.25, 0.3) is 0 Å². The molecule has 5 nitrogen and oxygen atoms in total. The standard InChI is InChI=1S/C85H53N5/c1-2-20-66(21-3-1)89-77-31-15-14-30-75(77)87-84(89)57-38-34-55(35-39-57)80-69-24-8-12-28-73(69)83(74-29-13-9-25-70(74)80)65-46-44-60-50-61(42-43-62(60)52-65)63-47-48-78-76(53-63)88-85(90(78)79-32-16-17-49-86-79)58-40-36-56(37-41-58)81-67-22-6-10-26-71(67)82(72-27-11-7-23-68(72)81)64-45-33-54-18-4-5-19-59(54)51-64/h1-53H. The number of aromatic nitrogens is 5. The quantitative estimate of drug-likeness (QED) is 0.135. The van der Waals surface area contributed by atoms with E-state index in [0.717, 1.165) is 78.6 Å². The molecule has 18 rings (SSSR count). The maximum absolute atomic E-state index is 5.45. The molecule has 0 radical (unpaired) electrons. The molecule has 18 aromatic rings. The molecule has 0 amide bonds. The van der Waals surface area contributed by atoms with Crippen LogP contribution in [0.25, 0.3) is 177 Å². The smallest absolute Gasteiger partial charge is 0.146 e. The molecule has 0 aliphatic rings. The summed E-state index contributed by atoms with van der Waals surface area (Å²) in [5, 5.41) is 14.6. The molecular formula is C85H53N5. The summed E-state index contributed by atoms with van der Waals surface area (Å²) in [4.78, 5) is 15.5. The van der Waals surface area contributed by atoms with Crippen LogP contribution in [-0.2, 0) is 0 Å². The van der Waals surface area contributed by atoms with Crippen molar-refractivity contribution in [1.82, 2.24) is 24.1 Å². The second-order valence-corrected chi connectivity index (χ2v) is 23.4. The second kappa shape index (κ2) is 20.8. The zero-order chi connectivity index (χ0) is 59.2. The SMILES string of the molecule is c1ccc(-n2c(-c3ccc(-c4c5ccccc5c(-c5ccc6cc(-c7ccc8c(c7)nc(-c7ccc(-c9c%10ccccc%10c(-c%10ccc%11ccccc%11c%10)c%10ccccc9%10)cc7)n8-c7ccccn7)ccc6c5)c5ccccc45)cc3)nc3ccccc32)cc1. The Morgan fingerprint density at radius 2 is 0.589 bits per heavy atom. The highest BCUT2D eigenvalue weighted by molar-refractivity contribution is 6.23. The zero-order valence-electron chi connectivity index (χ0n) is 48.8. The third kappa shape index (κ3) is 8.36. The summed E-state index contributed by atoms with van der Waals surface area (Å²) in [7, 11) is 0. The van der Waals surface area contributed by atoms with Crippen LogP contribution in [0.4, 0.5) is 0 Å². The highest BCUT2D eigenvalue weighted by atomic mass is 15.1. The van der Waals surface area contributed by atoms with Crippen molar-refractivity contribution >= 4 is 86.7 Å². The summed E-state index contributed by atoms with van der Waals surface area (Å²) in [6.45, 7) is 0. The van der Waals surface area contributed by atoms with Crippen molar-refractivity contribution in [3.63, 3.8) is 0 Å². The Balaban J connectivity index is 0.691. The van der Waals surface area contributed by atoms with Gasteiger partial charge in [-0.15, -0.1) is 0 Å². The lowest BCUT2D eigenvalue weighted by Crippen LogP contribution is -1.99. The number of hydrogen-bond donors (Lipinski definition) is 0. The normalized spacial score (nSPS) is 11.8. The first-order valence-corrected chi connectivity index (χ1v) is 30.7.